The lowest BCUT2D eigenvalue weighted by molar-refractivity contribution is -0.900. The number of hydrogen-bond acceptors (Lipinski definition) is 0. The van der Waals surface area contributed by atoms with Gasteiger partial charge in [0.25, 0.3) is 0 Å². The maximum Gasteiger partial charge on any atom is 0.0770 e. The van der Waals surface area contributed by atoms with Gasteiger partial charge in [0.2, 0.25) is 0 Å². The van der Waals surface area contributed by atoms with E-state index in [4.69, 9.17) is 0 Å². The quantitative estimate of drug-likeness (QED) is 0.195. The summed E-state index contributed by atoms with van der Waals surface area (Å²) >= 11 is 0. The average molecular weight is 391 g/mol. The maximum atomic E-state index is 2.31. The van der Waals surface area contributed by atoms with E-state index in [0.29, 0.717) is 0 Å². The van der Waals surface area contributed by atoms with Crippen LogP contribution in [0.4, 0.5) is 0 Å². The van der Waals surface area contributed by atoms with Gasteiger partial charge >= 0.3 is 0 Å². The van der Waals surface area contributed by atoms with Gasteiger partial charge in [-0.05, 0) is 38.5 Å². The highest BCUT2D eigenvalue weighted by Crippen LogP contribution is 2.06. The topological polar surface area (TPSA) is 4.44 Å². The van der Waals surface area contributed by atoms with Crippen LogP contribution < -0.4 is 4.90 Å². The molecule has 0 radical (unpaired) electrons. The first kappa shape index (κ1) is 28.5. The molecule has 0 aromatic rings. The molecule has 0 unspecified atom stereocenters. The number of nitrogens with one attached hydrogen (secondary N) is 1. The van der Waals surface area contributed by atoms with Gasteiger partial charge in [0, 0.05) is 0 Å². The molecular weight excluding hydrogens is 338 g/mol. The zero-order valence-electron chi connectivity index (χ0n) is 18.8. The smallest absolute Gasteiger partial charge is 0.0770 e. The van der Waals surface area contributed by atoms with Gasteiger partial charge in [-0.2, -0.15) is 0 Å². The molecule has 0 aromatic heterocycles. The molecule has 0 aliphatic carbocycles. The molecule has 0 rings (SSSR count). The molecular formula is C24H53ClN+. The minimum absolute atomic E-state index is 0. The molecule has 0 aromatic carbocycles. The number of rotatable bonds is 21. The van der Waals surface area contributed by atoms with E-state index in [1.54, 1.807) is 0 Å². The Balaban J connectivity index is 0. The van der Waals surface area contributed by atoms with E-state index in [-0.39, 0.29) is 12.4 Å². The molecule has 2 heteroatoms. The molecule has 26 heavy (non-hydrogen) atoms. The third-order valence-corrected chi connectivity index (χ3v) is 5.65. The van der Waals surface area contributed by atoms with Crippen LogP contribution in [0.5, 0.6) is 0 Å². The minimum atomic E-state index is 0. The fourth-order valence-electron chi connectivity index (χ4n) is 3.84. The molecule has 0 saturated carbocycles. The van der Waals surface area contributed by atoms with Crippen LogP contribution in [0.2, 0.25) is 0 Å². The monoisotopic (exact) mass is 390 g/mol. The summed E-state index contributed by atoms with van der Waals surface area (Å²) in [5.41, 5.74) is 0. The summed E-state index contributed by atoms with van der Waals surface area (Å²) in [6, 6.07) is 0. The van der Waals surface area contributed by atoms with Gasteiger partial charge < -0.3 is 4.90 Å². The fraction of sp³-hybridized carbons (Fsp3) is 1.00. The number of hydrogen-bond donors (Lipinski definition) is 1. The lowest BCUT2D eigenvalue weighted by atomic mass is 10.1. The van der Waals surface area contributed by atoms with Crippen molar-refractivity contribution in [2.45, 2.75) is 136 Å². The van der Waals surface area contributed by atoms with Crippen molar-refractivity contribution >= 4 is 12.4 Å². The molecule has 0 bridgehead atoms. The standard InChI is InChI=1S/C24H51N.ClH/c1-4-7-10-13-16-19-22-25(23-20-17-14-11-8-5-2)24-21-18-15-12-9-6-3;/h4-24H2,1-3H3;1H/p+1. The predicted octanol–water partition coefficient (Wildman–Crippen LogP) is 7.37. The first-order valence-corrected chi connectivity index (χ1v) is 12.2. The van der Waals surface area contributed by atoms with Crippen LogP contribution in [-0.4, -0.2) is 19.6 Å². The van der Waals surface area contributed by atoms with E-state index in [1.807, 2.05) is 4.90 Å². The van der Waals surface area contributed by atoms with Crippen LogP contribution in [0, 0.1) is 0 Å². The second kappa shape index (κ2) is 25.2. The summed E-state index contributed by atoms with van der Waals surface area (Å²) in [7, 11) is 0. The Kier molecular flexibility index (Phi) is 27.6. The van der Waals surface area contributed by atoms with Gasteiger partial charge in [-0.15, -0.1) is 12.4 Å². The lowest BCUT2D eigenvalue weighted by Crippen LogP contribution is -3.12. The summed E-state index contributed by atoms with van der Waals surface area (Å²) in [6.45, 7) is 11.3. The van der Waals surface area contributed by atoms with Gasteiger partial charge in [0.15, 0.2) is 0 Å². The Morgan fingerprint density at radius 2 is 0.577 bits per heavy atom. The second-order valence-electron chi connectivity index (χ2n) is 8.30. The van der Waals surface area contributed by atoms with Gasteiger partial charge in [0.05, 0.1) is 19.6 Å². The molecule has 1 nitrogen and oxygen atoms in total. The van der Waals surface area contributed by atoms with Gasteiger partial charge in [-0.25, -0.2) is 0 Å². The summed E-state index contributed by atoms with van der Waals surface area (Å²) in [5.74, 6) is 0. The van der Waals surface area contributed by atoms with E-state index in [0.717, 1.165) is 0 Å². The van der Waals surface area contributed by atoms with E-state index in [1.165, 1.54) is 135 Å². The maximum absolute atomic E-state index is 2.31. The highest BCUT2D eigenvalue weighted by Gasteiger charge is 2.08. The molecule has 160 valence electrons. The van der Waals surface area contributed by atoms with Crippen molar-refractivity contribution in [3.63, 3.8) is 0 Å². The zero-order chi connectivity index (χ0) is 18.4. The molecule has 0 saturated heterocycles. The number of halogens is 1. The predicted molar refractivity (Wildman–Crippen MR) is 123 cm³/mol. The van der Waals surface area contributed by atoms with Gasteiger partial charge in [0.1, 0.15) is 0 Å². The van der Waals surface area contributed by atoms with Crippen molar-refractivity contribution in [1.29, 1.82) is 0 Å². The van der Waals surface area contributed by atoms with Crippen molar-refractivity contribution < 1.29 is 4.90 Å². The van der Waals surface area contributed by atoms with Crippen molar-refractivity contribution in [3.8, 4) is 0 Å². The Bertz CT molecular complexity index is 194. The summed E-state index contributed by atoms with van der Waals surface area (Å²) in [6.07, 6.45) is 26.0. The summed E-state index contributed by atoms with van der Waals surface area (Å²) in [4.78, 5) is 1.92. The van der Waals surface area contributed by atoms with Crippen molar-refractivity contribution in [2.75, 3.05) is 19.6 Å². The third kappa shape index (κ3) is 22.3. The molecule has 0 amide bonds. The summed E-state index contributed by atoms with van der Waals surface area (Å²) in [5, 5.41) is 0. The first-order chi connectivity index (χ1) is 12.3. The summed E-state index contributed by atoms with van der Waals surface area (Å²) < 4.78 is 0. The Morgan fingerprint density at radius 1 is 0.346 bits per heavy atom. The van der Waals surface area contributed by atoms with Gasteiger partial charge in [-0.3, -0.25) is 0 Å². The number of quaternary nitrogens is 1. The second-order valence-corrected chi connectivity index (χ2v) is 8.30. The normalized spacial score (nSPS) is 11.1. The first-order valence-electron chi connectivity index (χ1n) is 12.2. The SMILES string of the molecule is CCCCCCCC[NH+](CCCCCCCC)CCCCCCCC.Cl. The van der Waals surface area contributed by atoms with E-state index < -0.39 is 0 Å². The van der Waals surface area contributed by atoms with Crippen molar-refractivity contribution in [3.05, 3.63) is 0 Å². The molecule has 1 N–H and O–H groups in total. The Labute approximate surface area is 173 Å². The molecule has 0 spiro atoms. The molecule has 0 aliphatic rings. The van der Waals surface area contributed by atoms with Crippen LogP contribution in [0.25, 0.3) is 0 Å². The van der Waals surface area contributed by atoms with E-state index in [2.05, 4.69) is 20.8 Å². The van der Waals surface area contributed by atoms with Crippen molar-refractivity contribution in [1.82, 2.24) is 0 Å². The van der Waals surface area contributed by atoms with E-state index in [9.17, 15) is 0 Å². The lowest BCUT2D eigenvalue weighted by Gasteiger charge is -2.19. The Hall–Kier alpha value is 0.250. The largest absolute Gasteiger partial charge is 0.335 e. The highest BCUT2D eigenvalue weighted by atomic mass is 35.5. The molecule has 0 aliphatic heterocycles. The van der Waals surface area contributed by atoms with Crippen LogP contribution in [0.3, 0.4) is 0 Å². The number of unbranched alkanes of at least 4 members (excludes halogenated alkanes) is 15. The van der Waals surface area contributed by atoms with Crippen molar-refractivity contribution in [2.24, 2.45) is 0 Å². The molecule has 0 fully saturated rings. The van der Waals surface area contributed by atoms with Gasteiger partial charge in [-0.1, -0.05) is 97.8 Å². The highest BCUT2D eigenvalue weighted by molar-refractivity contribution is 5.85. The average Bonchev–Trinajstić information content (AvgIpc) is 2.63. The van der Waals surface area contributed by atoms with Crippen LogP contribution in [-0.2, 0) is 0 Å². The molecule has 0 heterocycles. The van der Waals surface area contributed by atoms with Crippen LogP contribution in [0.1, 0.15) is 136 Å². The van der Waals surface area contributed by atoms with Crippen LogP contribution in [0.15, 0.2) is 0 Å². The fourth-order valence-corrected chi connectivity index (χ4v) is 3.84. The van der Waals surface area contributed by atoms with Crippen LogP contribution >= 0.6 is 12.4 Å². The Morgan fingerprint density at radius 3 is 0.846 bits per heavy atom. The minimum Gasteiger partial charge on any atom is -0.335 e. The third-order valence-electron chi connectivity index (χ3n) is 5.65. The van der Waals surface area contributed by atoms with E-state index >= 15 is 0 Å². The molecule has 0 atom stereocenters. The zero-order valence-corrected chi connectivity index (χ0v) is 19.6.